The maximum atomic E-state index is 10.5. The fraction of sp³-hybridized carbons (Fsp3) is 0.667. The molecule has 1 aromatic rings. The summed E-state index contributed by atoms with van der Waals surface area (Å²) in [5.74, 6) is 0.641. The highest BCUT2D eigenvalue weighted by Crippen LogP contribution is 2.31. The number of aryl methyl sites for hydroxylation is 1. The van der Waals surface area contributed by atoms with Crippen LogP contribution in [0.2, 0.25) is 0 Å². The monoisotopic (exact) mass is 248 g/mol. The molecule has 2 rings (SSSR count). The third-order valence-electron chi connectivity index (χ3n) is 3.77. The Morgan fingerprint density at radius 3 is 3.06 bits per heavy atom. The molecule has 1 aromatic heterocycles. The fourth-order valence-corrected chi connectivity index (χ4v) is 2.91. The van der Waals surface area contributed by atoms with Crippen molar-refractivity contribution in [3.63, 3.8) is 0 Å². The summed E-state index contributed by atoms with van der Waals surface area (Å²) in [5.41, 5.74) is 1.57. The van der Waals surface area contributed by atoms with Crippen molar-refractivity contribution >= 4 is 0 Å². The van der Waals surface area contributed by atoms with Crippen LogP contribution in [0.3, 0.4) is 0 Å². The third-order valence-corrected chi connectivity index (χ3v) is 3.77. The van der Waals surface area contributed by atoms with Gasteiger partial charge in [-0.3, -0.25) is 4.98 Å². The van der Waals surface area contributed by atoms with Crippen molar-refractivity contribution in [2.75, 3.05) is 6.54 Å². The summed E-state index contributed by atoms with van der Waals surface area (Å²) < 4.78 is 0. The van der Waals surface area contributed by atoms with Crippen LogP contribution in [0.4, 0.5) is 0 Å². The second-order valence-corrected chi connectivity index (χ2v) is 5.80. The predicted molar refractivity (Wildman–Crippen MR) is 73.3 cm³/mol. The van der Waals surface area contributed by atoms with Crippen LogP contribution in [0.5, 0.6) is 0 Å². The molecule has 0 saturated heterocycles. The standard InChI is InChI=1S/C15H24N2O/c1-12-5-4-8-15(18,9-12)11-16-10-14-7-3-6-13(2)17-14/h3,6-7,12,16,18H,4-5,8-11H2,1-2H3. The smallest absolute Gasteiger partial charge is 0.0774 e. The van der Waals surface area contributed by atoms with Crippen molar-refractivity contribution in [1.82, 2.24) is 10.3 Å². The highest BCUT2D eigenvalue weighted by Gasteiger charge is 2.31. The topological polar surface area (TPSA) is 45.1 Å². The van der Waals surface area contributed by atoms with Gasteiger partial charge in [-0.25, -0.2) is 0 Å². The predicted octanol–water partition coefficient (Wildman–Crippen LogP) is 2.42. The van der Waals surface area contributed by atoms with E-state index < -0.39 is 5.60 Å². The Morgan fingerprint density at radius 1 is 1.50 bits per heavy atom. The van der Waals surface area contributed by atoms with Crippen LogP contribution in [0, 0.1) is 12.8 Å². The maximum absolute atomic E-state index is 10.5. The van der Waals surface area contributed by atoms with E-state index in [1.165, 1.54) is 6.42 Å². The molecule has 0 aliphatic heterocycles. The summed E-state index contributed by atoms with van der Waals surface area (Å²) in [6.07, 6.45) is 4.23. The first-order valence-electron chi connectivity index (χ1n) is 6.93. The highest BCUT2D eigenvalue weighted by atomic mass is 16.3. The van der Waals surface area contributed by atoms with E-state index in [2.05, 4.69) is 17.2 Å². The third kappa shape index (κ3) is 3.79. The van der Waals surface area contributed by atoms with E-state index in [1.807, 2.05) is 25.1 Å². The molecule has 2 unspecified atom stereocenters. The number of aromatic nitrogens is 1. The van der Waals surface area contributed by atoms with E-state index in [0.717, 1.165) is 37.2 Å². The minimum absolute atomic E-state index is 0.512. The van der Waals surface area contributed by atoms with Gasteiger partial charge in [0, 0.05) is 18.8 Å². The van der Waals surface area contributed by atoms with Gasteiger partial charge in [0.1, 0.15) is 0 Å². The number of pyridine rings is 1. The van der Waals surface area contributed by atoms with Crippen LogP contribution in [-0.4, -0.2) is 22.2 Å². The Kier molecular flexibility index (Phi) is 4.36. The summed E-state index contributed by atoms with van der Waals surface area (Å²) in [6, 6.07) is 6.05. The Hall–Kier alpha value is -0.930. The average molecular weight is 248 g/mol. The van der Waals surface area contributed by atoms with Crippen molar-refractivity contribution < 1.29 is 5.11 Å². The van der Waals surface area contributed by atoms with Crippen molar-refractivity contribution in [2.24, 2.45) is 5.92 Å². The van der Waals surface area contributed by atoms with Crippen LogP contribution >= 0.6 is 0 Å². The van der Waals surface area contributed by atoms with Crippen molar-refractivity contribution in [1.29, 1.82) is 0 Å². The number of hydrogen-bond donors (Lipinski definition) is 2. The molecule has 2 N–H and O–H groups in total. The molecule has 0 aromatic carbocycles. The SMILES string of the molecule is Cc1cccc(CNCC2(O)CCCC(C)C2)n1. The van der Waals surface area contributed by atoms with Crippen molar-refractivity contribution in [3.05, 3.63) is 29.6 Å². The van der Waals surface area contributed by atoms with Gasteiger partial charge in [-0.05, 0) is 37.8 Å². The summed E-state index contributed by atoms with van der Waals surface area (Å²) in [5, 5.41) is 13.8. The first kappa shape index (κ1) is 13.5. The minimum atomic E-state index is -0.512. The van der Waals surface area contributed by atoms with Gasteiger partial charge in [0.2, 0.25) is 0 Å². The first-order chi connectivity index (χ1) is 8.57. The van der Waals surface area contributed by atoms with E-state index in [1.54, 1.807) is 0 Å². The lowest BCUT2D eigenvalue weighted by molar-refractivity contribution is -0.0119. The fourth-order valence-electron chi connectivity index (χ4n) is 2.91. The Bertz CT molecular complexity index is 394. The molecule has 3 heteroatoms. The number of rotatable bonds is 4. The number of nitrogens with zero attached hydrogens (tertiary/aromatic N) is 1. The van der Waals surface area contributed by atoms with Gasteiger partial charge >= 0.3 is 0 Å². The average Bonchev–Trinajstić information content (AvgIpc) is 2.28. The second kappa shape index (κ2) is 5.81. The van der Waals surface area contributed by atoms with Gasteiger partial charge in [-0.2, -0.15) is 0 Å². The summed E-state index contributed by atoms with van der Waals surface area (Å²) in [7, 11) is 0. The molecule has 1 aliphatic rings. The van der Waals surface area contributed by atoms with Gasteiger partial charge < -0.3 is 10.4 Å². The normalized spacial score (nSPS) is 28.3. The lowest BCUT2D eigenvalue weighted by Crippen LogP contribution is -2.43. The quantitative estimate of drug-likeness (QED) is 0.860. The zero-order valence-corrected chi connectivity index (χ0v) is 11.4. The van der Waals surface area contributed by atoms with Crippen molar-refractivity contribution in [2.45, 2.75) is 51.7 Å². The zero-order chi connectivity index (χ0) is 13.0. The van der Waals surface area contributed by atoms with Gasteiger partial charge in [0.25, 0.3) is 0 Å². The molecule has 1 aliphatic carbocycles. The lowest BCUT2D eigenvalue weighted by Gasteiger charge is -2.35. The molecule has 0 amide bonds. The van der Waals surface area contributed by atoms with E-state index in [-0.39, 0.29) is 0 Å². The van der Waals surface area contributed by atoms with Gasteiger partial charge in [0.05, 0.1) is 11.3 Å². The van der Waals surface area contributed by atoms with E-state index in [0.29, 0.717) is 12.5 Å². The molecule has 1 heterocycles. The van der Waals surface area contributed by atoms with E-state index >= 15 is 0 Å². The van der Waals surface area contributed by atoms with Crippen LogP contribution in [0.1, 0.15) is 44.0 Å². The molecule has 3 nitrogen and oxygen atoms in total. The highest BCUT2D eigenvalue weighted by molar-refractivity contribution is 5.09. The maximum Gasteiger partial charge on any atom is 0.0774 e. The van der Waals surface area contributed by atoms with Crippen molar-refractivity contribution in [3.8, 4) is 0 Å². The second-order valence-electron chi connectivity index (χ2n) is 5.80. The van der Waals surface area contributed by atoms with Crippen LogP contribution in [-0.2, 0) is 6.54 Å². The summed E-state index contributed by atoms with van der Waals surface area (Å²) in [6.45, 7) is 5.64. The number of aliphatic hydroxyl groups is 1. The molecule has 100 valence electrons. The molecule has 0 radical (unpaired) electrons. The molecular formula is C15H24N2O. The molecule has 0 bridgehead atoms. The van der Waals surface area contributed by atoms with E-state index in [4.69, 9.17) is 0 Å². The minimum Gasteiger partial charge on any atom is -0.389 e. The van der Waals surface area contributed by atoms with Crippen LogP contribution in [0.15, 0.2) is 18.2 Å². The summed E-state index contributed by atoms with van der Waals surface area (Å²) in [4.78, 5) is 4.45. The van der Waals surface area contributed by atoms with Gasteiger partial charge in [0.15, 0.2) is 0 Å². The van der Waals surface area contributed by atoms with Gasteiger partial charge in [-0.1, -0.05) is 25.8 Å². The number of nitrogens with one attached hydrogen (secondary N) is 1. The molecule has 2 atom stereocenters. The molecule has 0 spiro atoms. The number of hydrogen-bond acceptors (Lipinski definition) is 3. The largest absolute Gasteiger partial charge is 0.389 e. The molecule has 1 saturated carbocycles. The Morgan fingerprint density at radius 2 is 2.33 bits per heavy atom. The molecular weight excluding hydrogens is 224 g/mol. The van der Waals surface area contributed by atoms with Crippen LogP contribution in [0.25, 0.3) is 0 Å². The first-order valence-corrected chi connectivity index (χ1v) is 6.93. The molecule has 18 heavy (non-hydrogen) atoms. The van der Waals surface area contributed by atoms with Gasteiger partial charge in [-0.15, -0.1) is 0 Å². The Labute approximate surface area is 110 Å². The lowest BCUT2D eigenvalue weighted by atomic mass is 9.79. The Balaban J connectivity index is 1.81. The van der Waals surface area contributed by atoms with Crippen LogP contribution < -0.4 is 5.32 Å². The summed E-state index contributed by atoms with van der Waals surface area (Å²) >= 11 is 0. The van der Waals surface area contributed by atoms with E-state index in [9.17, 15) is 5.11 Å². The molecule has 1 fully saturated rings. The zero-order valence-electron chi connectivity index (χ0n) is 11.4.